The molecule has 1 aromatic carbocycles. The summed E-state index contributed by atoms with van der Waals surface area (Å²) in [6.45, 7) is 0. The summed E-state index contributed by atoms with van der Waals surface area (Å²) in [7, 11) is 0. The molecule has 0 saturated carbocycles. The van der Waals surface area contributed by atoms with Crippen LogP contribution in [0.2, 0.25) is 0 Å². The van der Waals surface area contributed by atoms with Gasteiger partial charge in [-0.15, -0.1) is 24.8 Å². The van der Waals surface area contributed by atoms with Crippen molar-refractivity contribution in [3.8, 4) is 6.07 Å². The van der Waals surface area contributed by atoms with Gasteiger partial charge in [0.05, 0.1) is 17.7 Å². The Kier molecular flexibility index (Phi) is 7.06. The maximum Gasteiger partial charge on any atom is 0.123 e. The van der Waals surface area contributed by atoms with Gasteiger partial charge >= 0.3 is 0 Å². The molecule has 6 heteroatoms. The van der Waals surface area contributed by atoms with E-state index in [1.54, 1.807) is 24.5 Å². The second-order valence-electron chi connectivity index (χ2n) is 3.59. The average Bonchev–Trinajstić information content (AvgIpc) is 2.83. The van der Waals surface area contributed by atoms with Gasteiger partial charge in [0, 0.05) is 12.4 Å². The SMILES string of the molecule is Cl.Cl.N#Cc1ccc(CC(N)c2ncc[nH]2)cc1. The number of nitriles is 1. The number of aromatic nitrogens is 2. The quantitative estimate of drug-likeness (QED) is 0.908. The zero-order valence-electron chi connectivity index (χ0n) is 9.54. The van der Waals surface area contributed by atoms with Gasteiger partial charge in [0.1, 0.15) is 5.82 Å². The van der Waals surface area contributed by atoms with E-state index >= 15 is 0 Å². The van der Waals surface area contributed by atoms with Crippen LogP contribution in [0, 0.1) is 11.3 Å². The highest BCUT2D eigenvalue weighted by molar-refractivity contribution is 5.85. The fourth-order valence-electron chi connectivity index (χ4n) is 1.55. The highest BCUT2D eigenvalue weighted by Gasteiger charge is 2.08. The van der Waals surface area contributed by atoms with Gasteiger partial charge in [0.15, 0.2) is 0 Å². The smallest absolute Gasteiger partial charge is 0.123 e. The van der Waals surface area contributed by atoms with Gasteiger partial charge in [-0.25, -0.2) is 4.98 Å². The van der Waals surface area contributed by atoms with Crippen molar-refractivity contribution >= 4 is 24.8 Å². The molecular formula is C12H14Cl2N4. The van der Waals surface area contributed by atoms with Gasteiger partial charge in [-0.2, -0.15) is 5.26 Å². The zero-order valence-corrected chi connectivity index (χ0v) is 11.2. The van der Waals surface area contributed by atoms with Crippen molar-refractivity contribution in [3.05, 3.63) is 53.6 Å². The second-order valence-corrected chi connectivity index (χ2v) is 3.59. The van der Waals surface area contributed by atoms with Crippen LogP contribution in [-0.4, -0.2) is 9.97 Å². The number of hydrogen-bond donors (Lipinski definition) is 2. The first-order valence-electron chi connectivity index (χ1n) is 5.03. The number of nitrogens with one attached hydrogen (secondary N) is 1. The van der Waals surface area contributed by atoms with Gasteiger partial charge in [-0.05, 0) is 24.1 Å². The lowest BCUT2D eigenvalue weighted by atomic mass is 10.0. The van der Waals surface area contributed by atoms with E-state index in [0.29, 0.717) is 12.0 Å². The zero-order chi connectivity index (χ0) is 11.4. The Morgan fingerprint density at radius 2 is 1.94 bits per heavy atom. The van der Waals surface area contributed by atoms with Gasteiger partial charge < -0.3 is 10.7 Å². The number of nitrogens with zero attached hydrogens (tertiary/aromatic N) is 2. The van der Waals surface area contributed by atoms with E-state index in [1.807, 2.05) is 12.1 Å². The van der Waals surface area contributed by atoms with Crippen LogP contribution in [0.5, 0.6) is 0 Å². The summed E-state index contributed by atoms with van der Waals surface area (Å²) in [5.74, 6) is 0.782. The second kappa shape index (κ2) is 7.72. The van der Waals surface area contributed by atoms with Gasteiger partial charge in [0.25, 0.3) is 0 Å². The van der Waals surface area contributed by atoms with E-state index in [4.69, 9.17) is 11.0 Å². The highest BCUT2D eigenvalue weighted by Crippen LogP contribution is 2.12. The highest BCUT2D eigenvalue weighted by atomic mass is 35.5. The van der Waals surface area contributed by atoms with Gasteiger partial charge in [-0.3, -0.25) is 0 Å². The molecule has 1 heterocycles. The third kappa shape index (κ3) is 4.04. The van der Waals surface area contributed by atoms with Crippen molar-refractivity contribution in [2.24, 2.45) is 5.73 Å². The van der Waals surface area contributed by atoms with Crippen LogP contribution in [0.3, 0.4) is 0 Å². The molecule has 2 rings (SSSR count). The Labute approximate surface area is 118 Å². The number of nitrogens with two attached hydrogens (primary N) is 1. The Hall–Kier alpha value is -1.54. The minimum absolute atomic E-state index is 0. The maximum absolute atomic E-state index is 8.67. The topological polar surface area (TPSA) is 78.5 Å². The molecule has 1 atom stereocenters. The minimum atomic E-state index is -0.136. The normalized spacial score (nSPS) is 10.7. The summed E-state index contributed by atoms with van der Waals surface area (Å²) in [5.41, 5.74) is 7.75. The molecule has 3 N–H and O–H groups in total. The molecule has 0 spiro atoms. The van der Waals surface area contributed by atoms with E-state index in [0.717, 1.165) is 11.4 Å². The van der Waals surface area contributed by atoms with Crippen molar-refractivity contribution in [1.29, 1.82) is 5.26 Å². The first-order valence-corrected chi connectivity index (χ1v) is 5.03. The summed E-state index contributed by atoms with van der Waals surface area (Å²) in [6.07, 6.45) is 4.15. The molecule has 0 saturated heterocycles. The van der Waals surface area contributed by atoms with Crippen LogP contribution in [0.4, 0.5) is 0 Å². The third-order valence-electron chi connectivity index (χ3n) is 2.41. The fourth-order valence-corrected chi connectivity index (χ4v) is 1.55. The summed E-state index contributed by atoms with van der Waals surface area (Å²) in [5, 5.41) is 8.67. The summed E-state index contributed by atoms with van der Waals surface area (Å²) in [4.78, 5) is 7.10. The molecule has 1 unspecified atom stereocenters. The first kappa shape index (κ1) is 16.5. The van der Waals surface area contributed by atoms with Crippen molar-refractivity contribution in [3.63, 3.8) is 0 Å². The lowest BCUT2D eigenvalue weighted by Gasteiger charge is -2.08. The van der Waals surface area contributed by atoms with Gasteiger partial charge in [-0.1, -0.05) is 12.1 Å². The van der Waals surface area contributed by atoms with E-state index in [9.17, 15) is 0 Å². The van der Waals surface area contributed by atoms with Crippen LogP contribution in [0.25, 0.3) is 0 Å². The average molecular weight is 285 g/mol. The van der Waals surface area contributed by atoms with Crippen molar-refractivity contribution in [2.45, 2.75) is 12.5 Å². The predicted molar refractivity (Wildman–Crippen MR) is 74.9 cm³/mol. The molecule has 4 nitrogen and oxygen atoms in total. The molecule has 96 valence electrons. The summed E-state index contributed by atoms with van der Waals surface area (Å²) in [6, 6.07) is 9.38. The number of benzene rings is 1. The Morgan fingerprint density at radius 3 is 2.44 bits per heavy atom. The molecular weight excluding hydrogens is 271 g/mol. The summed E-state index contributed by atoms with van der Waals surface area (Å²) >= 11 is 0. The standard InChI is InChI=1S/C12H12N4.2ClH/c13-8-10-3-1-9(2-4-10)7-11(14)12-15-5-6-16-12;;/h1-6,11H,7,14H2,(H,15,16);2*1H. The van der Waals surface area contributed by atoms with E-state index in [2.05, 4.69) is 16.0 Å². The van der Waals surface area contributed by atoms with E-state index in [-0.39, 0.29) is 30.9 Å². The van der Waals surface area contributed by atoms with Crippen LogP contribution >= 0.6 is 24.8 Å². The molecule has 2 aromatic rings. The molecule has 0 fully saturated rings. The molecule has 0 bridgehead atoms. The number of imidazole rings is 1. The first-order chi connectivity index (χ1) is 7.79. The molecule has 18 heavy (non-hydrogen) atoms. The minimum Gasteiger partial charge on any atom is -0.347 e. The van der Waals surface area contributed by atoms with E-state index < -0.39 is 0 Å². The Bertz CT molecular complexity index is 488. The van der Waals surface area contributed by atoms with Gasteiger partial charge in [0.2, 0.25) is 0 Å². The predicted octanol–water partition coefficient (Wildman–Crippen LogP) is 2.37. The van der Waals surface area contributed by atoms with Crippen molar-refractivity contribution in [1.82, 2.24) is 9.97 Å². The van der Waals surface area contributed by atoms with Crippen molar-refractivity contribution < 1.29 is 0 Å². The van der Waals surface area contributed by atoms with Crippen molar-refractivity contribution in [2.75, 3.05) is 0 Å². The molecule has 0 amide bonds. The molecule has 0 aliphatic carbocycles. The number of aromatic amines is 1. The Balaban J connectivity index is 0.00000144. The summed E-state index contributed by atoms with van der Waals surface area (Å²) < 4.78 is 0. The number of rotatable bonds is 3. The lowest BCUT2D eigenvalue weighted by Crippen LogP contribution is -2.14. The van der Waals surface area contributed by atoms with Crippen LogP contribution in [0.1, 0.15) is 23.0 Å². The Morgan fingerprint density at radius 1 is 1.28 bits per heavy atom. The molecule has 1 aromatic heterocycles. The monoisotopic (exact) mass is 284 g/mol. The largest absolute Gasteiger partial charge is 0.347 e. The number of hydrogen-bond acceptors (Lipinski definition) is 3. The number of H-pyrrole nitrogens is 1. The fraction of sp³-hybridized carbons (Fsp3) is 0.167. The molecule has 0 aliphatic rings. The maximum atomic E-state index is 8.67. The molecule has 0 radical (unpaired) electrons. The lowest BCUT2D eigenvalue weighted by molar-refractivity contribution is 0.677. The molecule has 0 aliphatic heterocycles. The number of halogens is 2. The van der Waals surface area contributed by atoms with Crippen LogP contribution in [-0.2, 0) is 6.42 Å². The van der Waals surface area contributed by atoms with Crippen LogP contribution in [0.15, 0.2) is 36.7 Å². The third-order valence-corrected chi connectivity index (χ3v) is 2.41. The van der Waals surface area contributed by atoms with E-state index in [1.165, 1.54) is 0 Å². The van der Waals surface area contributed by atoms with Crippen LogP contribution < -0.4 is 5.73 Å².